The number of hydrogen-bond acceptors (Lipinski definition) is 4. The monoisotopic (exact) mass is 359 g/mol. The van der Waals surface area contributed by atoms with Crippen LogP contribution in [-0.4, -0.2) is 25.9 Å². The minimum Gasteiger partial charge on any atom is -0.497 e. The van der Waals surface area contributed by atoms with Gasteiger partial charge in [-0.15, -0.1) is 0 Å². The SMILES string of the molecule is COc1cccc(Oc2ccc(NCC3CC4CCC3O4)cc2Cl)c1. The Balaban J connectivity index is 1.38. The Morgan fingerprint density at radius 3 is 2.76 bits per heavy atom. The molecule has 132 valence electrons. The van der Waals surface area contributed by atoms with E-state index in [1.165, 1.54) is 19.3 Å². The zero-order valence-corrected chi connectivity index (χ0v) is 15.0. The molecule has 4 rings (SSSR count). The van der Waals surface area contributed by atoms with Crippen molar-refractivity contribution in [3.05, 3.63) is 47.5 Å². The second-order valence-corrected chi connectivity index (χ2v) is 7.08. The predicted octanol–water partition coefficient (Wildman–Crippen LogP) is 5.12. The summed E-state index contributed by atoms with van der Waals surface area (Å²) in [6.07, 6.45) is 4.51. The van der Waals surface area contributed by atoms with Gasteiger partial charge in [-0.1, -0.05) is 17.7 Å². The van der Waals surface area contributed by atoms with Gasteiger partial charge in [0, 0.05) is 24.2 Å². The third kappa shape index (κ3) is 3.70. The van der Waals surface area contributed by atoms with Crippen LogP contribution < -0.4 is 14.8 Å². The first kappa shape index (κ1) is 16.6. The van der Waals surface area contributed by atoms with E-state index < -0.39 is 0 Å². The van der Waals surface area contributed by atoms with Crippen LogP contribution in [0.3, 0.4) is 0 Å². The van der Waals surface area contributed by atoms with Crippen LogP contribution in [0.25, 0.3) is 0 Å². The molecular formula is C20H22ClNO3. The maximum atomic E-state index is 6.39. The van der Waals surface area contributed by atoms with Crippen molar-refractivity contribution in [1.29, 1.82) is 0 Å². The fourth-order valence-corrected chi connectivity index (χ4v) is 3.91. The van der Waals surface area contributed by atoms with Crippen LogP contribution in [0.2, 0.25) is 5.02 Å². The summed E-state index contributed by atoms with van der Waals surface area (Å²) in [5, 5.41) is 4.06. The number of rotatable bonds is 6. The number of anilines is 1. The number of ether oxygens (including phenoxy) is 3. The van der Waals surface area contributed by atoms with Crippen molar-refractivity contribution in [2.75, 3.05) is 19.0 Å². The molecule has 3 unspecified atom stereocenters. The fraction of sp³-hybridized carbons (Fsp3) is 0.400. The third-order valence-electron chi connectivity index (χ3n) is 5.00. The minimum atomic E-state index is 0.434. The molecule has 0 aromatic heterocycles. The van der Waals surface area contributed by atoms with Crippen LogP contribution in [0.1, 0.15) is 19.3 Å². The smallest absolute Gasteiger partial charge is 0.146 e. The van der Waals surface area contributed by atoms with Crippen molar-refractivity contribution in [3.8, 4) is 17.2 Å². The molecule has 2 aromatic carbocycles. The first-order valence-electron chi connectivity index (χ1n) is 8.72. The third-order valence-corrected chi connectivity index (χ3v) is 5.30. The van der Waals surface area contributed by atoms with Crippen LogP contribution in [-0.2, 0) is 4.74 Å². The molecule has 2 aromatic rings. The first-order chi connectivity index (χ1) is 12.2. The van der Waals surface area contributed by atoms with Gasteiger partial charge in [-0.2, -0.15) is 0 Å². The van der Waals surface area contributed by atoms with Gasteiger partial charge >= 0.3 is 0 Å². The van der Waals surface area contributed by atoms with Gasteiger partial charge in [0.05, 0.1) is 24.3 Å². The van der Waals surface area contributed by atoms with Crippen LogP contribution in [0.4, 0.5) is 5.69 Å². The van der Waals surface area contributed by atoms with E-state index in [1.807, 2.05) is 42.5 Å². The highest BCUT2D eigenvalue weighted by atomic mass is 35.5. The molecule has 2 heterocycles. The van der Waals surface area contributed by atoms with Crippen molar-refractivity contribution >= 4 is 17.3 Å². The Labute approximate surface area is 153 Å². The second kappa shape index (κ2) is 7.14. The summed E-state index contributed by atoms with van der Waals surface area (Å²) in [7, 11) is 1.63. The molecule has 1 N–H and O–H groups in total. The highest BCUT2D eigenvalue weighted by Crippen LogP contribution is 2.39. The van der Waals surface area contributed by atoms with E-state index >= 15 is 0 Å². The zero-order chi connectivity index (χ0) is 17.2. The van der Waals surface area contributed by atoms with Gasteiger partial charge in [0.25, 0.3) is 0 Å². The van der Waals surface area contributed by atoms with Gasteiger partial charge in [0.2, 0.25) is 0 Å². The average Bonchev–Trinajstić information content (AvgIpc) is 3.25. The highest BCUT2D eigenvalue weighted by molar-refractivity contribution is 6.32. The predicted molar refractivity (Wildman–Crippen MR) is 99.0 cm³/mol. The van der Waals surface area contributed by atoms with E-state index in [2.05, 4.69) is 5.32 Å². The lowest BCUT2D eigenvalue weighted by molar-refractivity contribution is 0.0941. The Hall–Kier alpha value is -1.91. The van der Waals surface area contributed by atoms with Crippen LogP contribution in [0.15, 0.2) is 42.5 Å². The Kier molecular flexibility index (Phi) is 4.73. The van der Waals surface area contributed by atoms with Gasteiger partial charge in [0.1, 0.15) is 17.2 Å². The summed E-state index contributed by atoms with van der Waals surface area (Å²) < 4.78 is 17.0. The summed E-state index contributed by atoms with van der Waals surface area (Å²) in [4.78, 5) is 0. The lowest BCUT2D eigenvalue weighted by atomic mass is 9.89. The van der Waals surface area contributed by atoms with Crippen LogP contribution in [0.5, 0.6) is 17.2 Å². The number of halogens is 1. The lowest BCUT2D eigenvalue weighted by Crippen LogP contribution is -2.24. The Bertz CT molecular complexity index is 751. The maximum Gasteiger partial charge on any atom is 0.146 e. The average molecular weight is 360 g/mol. The van der Waals surface area contributed by atoms with Gasteiger partial charge in [-0.3, -0.25) is 0 Å². The molecular weight excluding hydrogens is 338 g/mol. The molecule has 2 aliphatic rings. The maximum absolute atomic E-state index is 6.39. The van der Waals surface area contributed by atoms with E-state index in [0.717, 1.165) is 18.0 Å². The second-order valence-electron chi connectivity index (χ2n) is 6.68. The van der Waals surface area contributed by atoms with Gasteiger partial charge < -0.3 is 19.5 Å². The fourth-order valence-electron chi connectivity index (χ4n) is 3.69. The Morgan fingerprint density at radius 2 is 2.04 bits per heavy atom. The molecule has 0 spiro atoms. The number of methoxy groups -OCH3 is 1. The number of nitrogens with one attached hydrogen (secondary N) is 1. The van der Waals surface area contributed by atoms with Crippen molar-refractivity contribution in [2.45, 2.75) is 31.5 Å². The molecule has 25 heavy (non-hydrogen) atoms. The van der Waals surface area contributed by atoms with Crippen molar-refractivity contribution < 1.29 is 14.2 Å². The van der Waals surface area contributed by atoms with Crippen molar-refractivity contribution in [2.24, 2.45) is 5.92 Å². The molecule has 2 fully saturated rings. The normalized spacial score (nSPS) is 24.3. The largest absolute Gasteiger partial charge is 0.497 e. The number of fused-ring (bicyclic) bond motifs is 2. The highest BCUT2D eigenvalue weighted by Gasteiger charge is 2.40. The lowest BCUT2D eigenvalue weighted by Gasteiger charge is -2.19. The topological polar surface area (TPSA) is 39.7 Å². The minimum absolute atomic E-state index is 0.434. The summed E-state index contributed by atoms with van der Waals surface area (Å²) in [6, 6.07) is 13.3. The first-order valence-corrected chi connectivity index (χ1v) is 9.10. The molecule has 2 bridgehead atoms. The molecule has 0 saturated carbocycles. The van der Waals surface area contributed by atoms with E-state index in [9.17, 15) is 0 Å². The Morgan fingerprint density at radius 1 is 1.16 bits per heavy atom. The van der Waals surface area contributed by atoms with E-state index in [-0.39, 0.29) is 0 Å². The summed E-state index contributed by atoms with van der Waals surface area (Å²) in [5.41, 5.74) is 1.01. The van der Waals surface area contributed by atoms with Crippen LogP contribution in [0, 0.1) is 5.92 Å². The standard InChI is InChI=1S/C20H22ClNO3/c1-23-15-3-2-4-16(11-15)25-20-7-5-14(10-18(20)21)22-12-13-9-17-6-8-19(13)24-17/h2-5,7,10-11,13,17,19,22H,6,8-9,12H2,1H3. The molecule has 0 amide bonds. The number of benzene rings is 2. The van der Waals surface area contributed by atoms with E-state index in [0.29, 0.717) is 34.6 Å². The van der Waals surface area contributed by atoms with E-state index in [4.69, 9.17) is 25.8 Å². The summed E-state index contributed by atoms with van der Waals surface area (Å²) >= 11 is 6.39. The molecule has 2 saturated heterocycles. The quantitative estimate of drug-likeness (QED) is 0.777. The molecule has 2 aliphatic heterocycles. The molecule has 4 nitrogen and oxygen atoms in total. The van der Waals surface area contributed by atoms with Crippen LogP contribution >= 0.6 is 11.6 Å². The molecule has 5 heteroatoms. The van der Waals surface area contributed by atoms with Gasteiger partial charge in [-0.25, -0.2) is 0 Å². The van der Waals surface area contributed by atoms with Gasteiger partial charge in [-0.05, 0) is 49.6 Å². The summed E-state index contributed by atoms with van der Waals surface area (Å²) in [5.74, 6) is 2.68. The van der Waals surface area contributed by atoms with Gasteiger partial charge in [0.15, 0.2) is 0 Å². The summed E-state index contributed by atoms with van der Waals surface area (Å²) in [6.45, 7) is 0.924. The van der Waals surface area contributed by atoms with Crippen molar-refractivity contribution in [1.82, 2.24) is 0 Å². The van der Waals surface area contributed by atoms with E-state index in [1.54, 1.807) is 7.11 Å². The molecule has 0 radical (unpaired) electrons. The molecule has 3 atom stereocenters. The molecule has 0 aliphatic carbocycles. The number of hydrogen-bond donors (Lipinski definition) is 1. The van der Waals surface area contributed by atoms with Crippen molar-refractivity contribution in [3.63, 3.8) is 0 Å². The zero-order valence-electron chi connectivity index (χ0n) is 14.2.